The highest BCUT2D eigenvalue weighted by atomic mass is 15.3. The lowest BCUT2D eigenvalue weighted by molar-refractivity contribution is 0.154. The van der Waals surface area contributed by atoms with Gasteiger partial charge in [0.25, 0.3) is 0 Å². The molecule has 0 saturated carbocycles. The van der Waals surface area contributed by atoms with Gasteiger partial charge in [-0.15, -0.1) is 0 Å². The Hall–Kier alpha value is -1.08. The minimum atomic E-state index is 0.728. The van der Waals surface area contributed by atoms with Crippen LogP contribution in [0, 0.1) is 12.8 Å². The van der Waals surface area contributed by atoms with Gasteiger partial charge in [0.1, 0.15) is 0 Å². The number of benzene rings is 1. The molecule has 3 saturated heterocycles. The van der Waals surface area contributed by atoms with E-state index in [1.807, 2.05) is 0 Å². The first-order chi connectivity index (χ1) is 8.74. The first-order valence-corrected chi connectivity index (χ1v) is 7.24. The highest BCUT2D eigenvalue weighted by molar-refractivity contribution is 5.33. The minimum absolute atomic E-state index is 0.728. The van der Waals surface area contributed by atoms with E-state index in [0.717, 1.165) is 23.9 Å². The molecule has 3 fully saturated rings. The molecule has 1 nitrogen and oxygen atoms in total. The number of rotatable bonds is 1. The molecule has 4 unspecified atom stereocenters. The van der Waals surface area contributed by atoms with E-state index >= 15 is 0 Å². The largest absolute Gasteiger partial charge is 0.293 e. The fourth-order valence-electron chi connectivity index (χ4n) is 4.61. The summed E-state index contributed by atoms with van der Waals surface area (Å²) < 4.78 is 0. The highest BCUT2D eigenvalue weighted by Gasteiger charge is 2.52. The molecule has 0 amide bonds. The molecular weight excluding hydrogens is 218 g/mol. The number of hydrogen-bond acceptors (Lipinski definition) is 1. The van der Waals surface area contributed by atoms with Crippen molar-refractivity contribution in [3.05, 3.63) is 47.5 Å². The van der Waals surface area contributed by atoms with Crippen LogP contribution in [0.25, 0.3) is 0 Å². The smallest absolute Gasteiger partial charge is 0.0199 e. The van der Waals surface area contributed by atoms with E-state index in [1.165, 1.54) is 36.9 Å². The van der Waals surface area contributed by atoms with Crippen LogP contribution < -0.4 is 0 Å². The van der Waals surface area contributed by atoms with Crippen molar-refractivity contribution in [2.45, 2.75) is 44.2 Å². The first kappa shape index (κ1) is 10.8. The second-order valence-corrected chi connectivity index (χ2v) is 6.41. The molecule has 3 aliphatic rings. The second-order valence-electron chi connectivity index (χ2n) is 6.41. The summed E-state index contributed by atoms with van der Waals surface area (Å²) >= 11 is 0. The van der Waals surface area contributed by atoms with Gasteiger partial charge in [-0.1, -0.05) is 42.0 Å². The average Bonchev–Trinajstić information content (AvgIpc) is 2.76. The monoisotopic (exact) mass is 239 g/mol. The SMILES string of the molecule is C=C1CN2C3CCC2C1[C@@H](c1ccc(C)cc1)C3. The Labute approximate surface area is 109 Å². The summed E-state index contributed by atoms with van der Waals surface area (Å²) in [6.07, 6.45) is 4.16. The normalized spacial score (nSPS) is 41.4. The second kappa shape index (κ2) is 3.71. The molecule has 0 radical (unpaired) electrons. The summed E-state index contributed by atoms with van der Waals surface area (Å²) in [5.74, 6) is 1.46. The number of nitrogens with zero attached hydrogens (tertiary/aromatic N) is 1. The number of hydrogen-bond donors (Lipinski definition) is 0. The molecule has 94 valence electrons. The molecule has 0 N–H and O–H groups in total. The Kier molecular flexibility index (Phi) is 2.23. The van der Waals surface area contributed by atoms with Gasteiger partial charge in [0.15, 0.2) is 0 Å². The molecule has 1 aromatic rings. The van der Waals surface area contributed by atoms with E-state index < -0.39 is 0 Å². The van der Waals surface area contributed by atoms with Crippen molar-refractivity contribution < 1.29 is 0 Å². The van der Waals surface area contributed by atoms with Crippen molar-refractivity contribution in [1.29, 1.82) is 0 Å². The topological polar surface area (TPSA) is 3.24 Å². The summed E-state index contributed by atoms with van der Waals surface area (Å²) in [5, 5.41) is 0. The molecule has 18 heavy (non-hydrogen) atoms. The van der Waals surface area contributed by atoms with E-state index in [1.54, 1.807) is 5.56 Å². The molecule has 1 heteroatoms. The maximum atomic E-state index is 4.37. The van der Waals surface area contributed by atoms with E-state index in [0.29, 0.717) is 0 Å². The first-order valence-electron chi connectivity index (χ1n) is 7.24. The van der Waals surface area contributed by atoms with Crippen LogP contribution in [0.4, 0.5) is 0 Å². The van der Waals surface area contributed by atoms with E-state index in [9.17, 15) is 0 Å². The molecule has 1 aromatic carbocycles. The summed E-state index contributed by atoms with van der Waals surface area (Å²) in [4.78, 5) is 2.73. The molecule has 4 rings (SSSR count). The zero-order valence-electron chi connectivity index (χ0n) is 11.1. The van der Waals surface area contributed by atoms with Crippen LogP contribution in [0.2, 0.25) is 0 Å². The van der Waals surface area contributed by atoms with Gasteiger partial charge in [-0.3, -0.25) is 4.90 Å². The quantitative estimate of drug-likeness (QED) is 0.678. The fraction of sp³-hybridized carbons (Fsp3) is 0.529. The Morgan fingerprint density at radius 1 is 1.17 bits per heavy atom. The van der Waals surface area contributed by atoms with Crippen molar-refractivity contribution in [3.8, 4) is 0 Å². The molecule has 3 aliphatic heterocycles. The Bertz CT molecular complexity index is 487. The molecule has 3 heterocycles. The van der Waals surface area contributed by atoms with Crippen LogP contribution in [0.5, 0.6) is 0 Å². The zero-order valence-corrected chi connectivity index (χ0v) is 11.1. The highest BCUT2D eigenvalue weighted by Crippen LogP contribution is 2.53. The number of aryl methyl sites for hydroxylation is 1. The number of piperidine rings is 1. The Morgan fingerprint density at radius 2 is 1.94 bits per heavy atom. The summed E-state index contributed by atoms with van der Waals surface area (Å²) in [6, 6.07) is 10.9. The average molecular weight is 239 g/mol. The Morgan fingerprint density at radius 3 is 2.72 bits per heavy atom. The van der Waals surface area contributed by atoms with Crippen molar-refractivity contribution in [2.75, 3.05) is 6.54 Å². The van der Waals surface area contributed by atoms with Gasteiger partial charge >= 0.3 is 0 Å². The summed E-state index contributed by atoms with van der Waals surface area (Å²) in [7, 11) is 0. The van der Waals surface area contributed by atoms with Crippen molar-refractivity contribution in [3.63, 3.8) is 0 Å². The third kappa shape index (κ3) is 1.37. The summed E-state index contributed by atoms with van der Waals surface area (Å²) in [6.45, 7) is 7.71. The molecule has 0 spiro atoms. The third-order valence-electron chi connectivity index (χ3n) is 5.43. The molecule has 0 aromatic heterocycles. The van der Waals surface area contributed by atoms with Gasteiger partial charge in [-0.2, -0.15) is 0 Å². The van der Waals surface area contributed by atoms with Crippen LogP contribution in [0.15, 0.2) is 36.4 Å². The molecule has 4 bridgehead atoms. The Balaban J connectivity index is 1.73. The van der Waals surface area contributed by atoms with E-state index in [4.69, 9.17) is 0 Å². The van der Waals surface area contributed by atoms with Crippen LogP contribution in [0.1, 0.15) is 36.3 Å². The van der Waals surface area contributed by atoms with E-state index in [2.05, 4.69) is 42.7 Å². The zero-order chi connectivity index (χ0) is 12.3. The lowest BCUT2D eigenvalue weighted by atomic mass is 9.76. The van der Waals surface area contributed by atoms with Gasteiger partial charge < -0.3 is 0 Å². The van der Waals surface area contributed by atoms with E-state index in [-0.39, 0.29) is 0 Å². The predicted octanol–water partition coefficient (Wildman–Crippen LogP) is 3.50. The van der Waals surface area contributed by atoms with Crippen LogP contribution in [0.3, 0.4) is 0 Å². The van der Waals surface area contributed by atoms with Gasteiger partial charge in [0.05, 0.1) is 0 Å². The lowest BCUT2D eigenvalue weighted by Crippen LogP contribution is -2.40. The maximum absolute atomic E-state index is 4.37. The lowest BCUT2D eigenvalue weighted by Gasteiger charge is -2.37. The summed E-state index contributed by atoms with van der Waals surface area (Å²) in [5.41, 5.74) is 4.40. The van der Waals surface area contributed by atoms with Gasteiger partial charge in [0, 0.05) is 24.5 Å². The van der Waals surface area contributed by atoms with Crippen LogP contribution >= 0.6 is 0 Å². The molecular formula is C17H21N. The van der Waals surface area contributed by atoms with Crippen molar-refractivity contribution in [2.24, 2.45) is 5.92 Å². The van der Waals surface area contributed by atoms with Gasteiger partial charge in [-0.25, -0.2) is 0 Å². The van der Waals surface area contributed by atoms with Gasteiger partial charge in [-0.05, 0) is 37.7 Å². The maximum Gasteiger partial charge on any atom is 0.0199 e. The predicted molar refractivity (Wildman–Crippen MR) is 74.7 cm³/mol. The van der Waals surface area contributed by atoms with Gasteiger partial charge in [0.2, 0.25) is 0 Å². The van der Waals surface area contributed by atoms with Crippen molar-refractivity contribution >= 4 is 0 Å². The van der Waals surface area contributed by atoms with Crippen LogP contribution in [-0.2, 0) is 0 Å². The standard InChI is InChI=1S/C17H21N/c1-11-3-5-13(6-4-11)15-9-14-7-8-16-17(15)12(2)10-18(14)16/h3-6,14-17H,2,7-10H2,1H3/t14?,15-,16?,17?/m1/s1. The fourth-order valence-corrected chi connectivity index (χ4v) is 4.61. The molecule has 0 aliphatic carbocycles. The minimum Gasteiger partial charge on any atom is -0.293 e. The third-order valence-corrected chi connectivity index (χ3v) is 5.43. The van der Waals surface area contributed by atoms with Crippen molar-refractivity contribution in [1.82, 2.24) is 4.90 Å². The van der Waals surface area contributed by atoms with Crippen LogP contribution in [-0.4, -0.2) is 23.5 Å². The molecule has 5 atom stereocenters.